The molecule has 0 spiro atoms. The zero-order valence-corrected chi connectivity index (χ0v) is 18.9. The van der Waals surface area contributed by atoms with E-state index in [-0.39, 0.29) is 29.0 Å². The van der Waals surface area contributed by atoms with E-state index in [1.54, 1.807) is 6.07 Å². The summed E-state index contributed by atoms with van der Waals surface area (Å²) in [6.07, 6.45) is 0.561. The Labute approximate surface area is 196 Å². The standard InChI is InChI=1S/C25H27FN2O6/c1-33-16-7-8-18(20(29)15-16)23(30)21-22(17-5-2-3-6-19(17)26)28(25(32)24(21)31)10-4-9-27-11-13-34-14-12-27/h2-3,5-8,15,22,29-30H,4,9-14H2,1H3/t22-/m0/s1. The van der Waals surface area contributed by atoms with Crippen molar-refractivity contribution in [2.24, 2.45) is 0 Å². The van der Waals surface area contributed by atoms with Crippen molar-refractivity contribution in [3.05, 3.63) is 65.0 Å². The Morgan fingerprint density at radius 3 is 2.56 bits per heavy atom. The third-order valence-corrected chi connectivity index (χ3v) is 6.18. The van der Waals surface area contributed by atoms with Gasteiger partial charge in [-0.1, -0.05) is 18.2 Å². The van der Waals surface area contributed by atoms with Crippen LogP contribution in [-0.4, -0.2) is 78.2 Å². The summed E-state index contributed by atoms with van der Waals surface area (Å²) in [4.78, 5) is 29.6. The fourth-order valence-corrected chi connectivity index (χ4v) is 4.40. The number of ether oxygens (including phenoxy) is 2. The molecule has 0 unspecified atom stereocenters. The number of methoxy groups -OCH3 is 1. The first-order valence-electron chi connectivity index (χ1n) is 11.1. The zero-order chi connectivity index (χ0) is 24.2. The summed E-state index contributed by atoms with van der Waals surface area (Å²) in [5, 5.41) is 21.5. The van der Waals surface area contributed by atoms with Crippen LogP contribution in [0.4, 0.5) is 4.39 Å². The molecule has 2 fully saturated rings. The van der Waals surface area contributed by atoms with E-state index < -0.39 is 29.3 Å². The molecular formula is C25H27FN2O6. The molecule has 0 saturated carbocycles. The van der Waals surface area contributed by atoms with Gasteiger partial charge in [-0.2, -0.15) is 0 Å². The highest BCUT2D eigenvalue weighted by atomic mass is 19.1. The van der Waals surface area contributed by atoms with Crippen molar-refractivity contribution in [1.82, 2.24) is 9.80 Å². The number of nitrogens with zero attached hydrogens (tertiary/aromatic N) is 2. The minimum atomic E-state index is -1.12. The lowest BCUT2D eigenvalue weighted by atomic mass is 9.94. The molecule has 8 nitrogen and oxygen atoms in total. The molecule has 2 aliphatic rings. The van der Waals surface area contributed by atoms with Crippen LogP contribution in [0.3, 0.4) is 0 Å². The second kappa shape index (κ2) is 10.2. The number of Topliss-reactive ketones (excluding diaryl/α,β-unsaturated/α-hetero) is 1. The number of halogens is 1. The van der Waals surface area contributed by atoms with Crippen LogP contribution < -0.4 is 4.74 Å². The number of hydrogen-bond donors (Lipinski definition) is 2. The third-order valence-electron chi connectivity index (χ3n) is 6.18. The van der Waals surface area contributed by atoms with Crippen molar-refractivity contribution in [3.63, 3.8) is 0 Å². The summed E-state index contributed by atoms with van der Waals surface area (Å²) >= 11 is 0. The Morgan fingerprint density at radius 1 is 1.15 bits per heavy atom. The van der Waals surface area contributed by atoms with Crippen molar-refractivity contribution in [2.45, 2.75) is 12.5 Å². The summed E-state index contributed by atoms with van der Waals surface area (Å²) in [5.41, 5.74) is -0.210. The van der Waals surface area contributed by atoms with Crippen LogP contribution in [0.5, 0.6) is 11.5 Å². The molecular weight excluding hydrogens is 443 g/mol. The molecule has 2 N–H and O–H groups in total. The molecule has 2 aliphatic heterocycles. The van der Waals surface area contributed by atoms with Crippen molar-refractivity contribution in [3.8, 4) is 11.5 Å². The molecule has 0 radical (unpaired) electrons. The molecule has 180 valence electrons. The lowest BCUT2D eigenvalue weighted by molar-refractivity contribution is -0.140. The lowest BCUT2D eigenvalue weighted by Gasteiger charge is -2.29. The number of amides is 1. The van der Waals surface area contributed by atoms with Crippen molar-refractivity contribution in [1.29, 1.82) is 0 Å². The Bertz CT molecular complexity index is 1110. The number of morpholine rings is 1. The van der Waals surface area contributed by atoms with Gasteiger partial charge in [0.05, 0.1) is 37.5 Å². The molecule has 2 saturated heterocycles. The zero-order valence-electron chi connectivity index (χ0n) is 18.9. The van der Waals surface area contributed by atoms with E-state index in [0.717, 1.165) is 13.1 Å². The van der Waals surface area contributed by atoms with Crippen LogP contribution in [0.25, 0.3) is 5.76 Å². The van der Waals surface area contributed by atoms with Gasteiger partial charge in [0.2, 0.25) is 0 Å². The molecule has 34 heavy (non-hydrogen) atoms. The van der Waals surface area contributed by atoms with E-state index in [4.69, 9.17) is 9.47 Å². The monoisotopic (exact) mass is 470 g/mol. The summed E-state index contributed by atoms with van der Waals surface area (Å²) in [5.74, 6) is -2.89. The van der Waals surface area contributed by atoms with Crippen LogP contribution in [-0.2, 0) is 14.3 Å². The minimum Gasteiger partial charge on any atom is -0.507 e. The summed E-state index contributed by atoms with van der Waals surface area (Å²) in [7, 11) is 1.43. The highest BCUT2D eigenvalue weighted by molar-refractivity contribution is 6.46. The number of phenolic OH excluding ortho intramolecular Hbond substituents is 1. The SMILES string of the molecule is COc1ccc(C(O)=C2C(=O)C(=O)N(CCCN3CCOCC3)[C@H]2c2ccccc2F)c(O)c1. The topological polar surface area (TPSA) is 99.5 Å². The van der Waals surface area contributed by atoms with Gasteiger partial charge in [0, 0.05) is 37.8 Å². The lowest BCUT2D eigenvalue weighted by Crippen LogP contribution is -2.39. The number of aliphatic hydroxyl groups excluding tert-OH is 1. The van der Waals surface area contributed by atoms with Gasteiger partial charge in [0.25, 0.3) is 11.7 Å². The number of ketones is 1. The summed E-state index contributed by atoms with van der Waals surface area (Å²) in [6, 6.07) is 8.91. The second-order valence-electron chi connectivity index (χ2n) is 8.20. The van der Waals surface area contributed by atoms with Gasteiger partial charge in [0.1, 0.15) is 23.1 Å². The first kappa shape index (κ1) is 23.7. The predicted octanol–water partition coefficient (Wildman–Crippen LogP) is 2.68. The number of hydrogen-bond acceptors (Lipinski definition) is 7. The van der Waals surface area contributed by atoms with E-state index in [0.29, 0.717) is 31.9 Å². The average molecular weight is 470 g/mol. The smallest absolute Gasteiger partial charge is 0.295 e. The van der Waals surface area contributed by atoms with Gasteiger partial charge in [-0.25, -0.2) is 4.39 Å². The van der Waals surface area contributed by atoms with Crippen LogP contribution in [0.15, 0.2) is 48.0 Å². The number of carbonyl (C=O) groups excluding carboxylic acids is 2. The van der Waals surface area contributed by atoms with Gasteiger partial charge in [-0.05, 0) is 24.6 Å². The summed E-state index contributed by atoms with van der Waals surface area (Å²) in [6.45, 7) is 3.75. The van der Waals surface area contributed by atoms with Crippen molar-refractivity contribution in [2.75, 3.05) is 46.5 Å². The van der Waals surface area contributed by atoms with Gasteiger partial charge in [-0.15, -0.1) is 0 Å². The Balaban J connectivity index is 1.71. The molecule has 4 rings (SSSR count). The Morgan fingerprint density at radius 2 is 1.88 bits per heavy atom. The highest BCUT2D eigenvalue weighted by Crippen LogP contribution is 2.42. The molecule has 0 aromatic heterocycles. The fourth-order valence-electron chi connectivity index (χ4n) is 4.40. The molecule has 0 bridgehead atoms. The van der Waals surface area contributed by atoms with Crippen molar-refractivity contribution >= 4 is 17.4 Å². The van der Waals surface area contributed by atoms with Gasteiger partial charge >= 0.3 is 0 Å². The van der Waals surface area contributed by atoms with Gasteiger partial charge < -0.3 is 24.6 Å². The molecule has 1 amide bonds. The van der Waals surface area contributed by atoms with Crippen LogP contribution in [0.2, 0.25) is 0 Å². The molecule has 0 aliphatic carbocycles. The van der Waals surface area contributed by atoms with E-state index in [1.807, 2.05) is 0 Å². The van der Waals surface area contributed by atoms with Gasteiger partial charge in [0.15, 0.2) is 0 Å². The van der Waals surface area contributed by atoms with Crippen LogP contribution >= 0.6 is 0 Å². The predicted molar refractivity (Wildman–Crippen MR) is 122 cm³/mol. The van der Waals surface area contributed by atoms with Crippen molar-refractivity contribution < 1.29 is 33.7 Å². The highest BCUT2D eigenvalue weighted by Gasteiger charge is 2.47. The maximum atomic E-state index is 14.9. The average Bonchev–Trinajstić information content (AvgIpc) is 3.09. The molecule has 9 heteroatoms. The molecule has 2 aromatic rings. The van der Waals surface area contributed by atoms with E-state index >= 15 is 0 Å². The van der Waals surface area contributed by atoms with E-state index in [1.165, 1.54) is 48.4 Å². The number of phenols is 1. The fraction of sp³-hybridized carbons (Fsp3) is 0.360. The summed E-state index contributed by atoms with van der Waals surface area (Å²) < 4.78 is 25.3. The number of aromatic hydroxyl groups is 1. The number of likely N-dealkylation sites (tertiary alicyclic amines) is 1. The maximum absolute atomic E-state index is 14.9. The molecule has 2 heterocycles. The first-order chi connectivity index (χ1) is 16.4. The normalized spacial score (nSPS) is 20.6. The minimum absolute atomic E-state index is 0.0477. The number of aliphatic hydroxyl groups is 1. The van der Waals surface area contributed by atoms with Crippen LogP contribution in [0.1, 0.15) is 23.6 Å². The third kappa shape index (κ3) is 4.62. The van der Waals surface area contributed by atoms with Crippen LogP contribution in [0, 0.1) is 5.82 Å². The Hall–Kier alpha value is -3.43. The number of benzene rings is 2. The largest absolute Gasteiger partial charge is 0.507 e. The molecule has 2 aromatic carbocycles. The Kier molecular flexibility index (Phi) is 7.14. The number of carbonyl (C=O) groups is 2. The maximum Gasteiger partial charge on any atom is 0.295 e. The van der Waals surface area contributed by atoms with Gasteiger partial charge in [-0.3, -0.25) is 14.5 Å². The number of rotatable bonds is 7. The van der Waals surface area contributed by atoms with E-state index in [2.05, 4.69) is 4.90 Å². The second-order valence-corrected chi connectivity index (χ2v) is 8.20. The molecule has 1 atom stereocenters. The quantitative estimate of drug-likeness (QED) is 0.365. The van der Waals surface area contributed by atoms with E-state index in [9.17, 15) is 24.2 Å². The first-order valence-corrected chi connectivity index (χ1v) is 11.1.